The highest BCUT2D eigenvalue weighted by Gasteiger charge is 2.36. The topological polar surface area (TPSA) is 86.8 Å². The van der Waals surface area contributed by atoms with E-state index in [1.54, 1.807) is 30.3 Å². The maximum absolute atomic E-state index is 14.7. The molecule has 1 aliphatic carbocycles. The molecule has 0 saturated heterocycles. The van der Waals surface area contributed by atoms with Gasteiger partial charge < -0.3 is 10.2 Å². The zero-order chi connectivity index (χ0) is 34.3. The average Bonchev–Trinajstić information content (AvgIpc) is 3.08. The zero-order valence-electron chi connectivity index (χ0n) is 26.6. The Labute approximate surface area is 297 Å². The van der Waals surface area contributed by atoms with Crippen molar-refractivity contribution in [1.29, 1.82) is 0 Å². The lowest BCUT2D eigenvalue weighted by molar-refractivity contribution is -0.140. The Morgan fingerprint density at radius 3 is 2.15 bits per heavy atom. The van der Waals surface area contributed by atoms with Gasteiger partial charge >= 0.3 is 0 Å². The molecule has 11 heteroatoms. The monoisotopic (exact) mass is 725 g/mol. The summed E-state index contributed by atoms with van der Waals surface area (Å²) < 4.78 is 29.5. The van der Waals surface area contributed by atoms with Crippen molar-refractivity contribution < 1.29 is 18.0 Å². The van der Waals surface area contributed by atoms with Crippen LogP contribution in [0.5, 0.6) is 0 Å². The van der Waals surface area contributed by atoms with Crippen LogP contribution in [-0.2, 0) is 32.6 Å². The highest BCUT2D eigenvalue weighted by atomic mass is 35.5. The molecule has 0 aromatic heterocycles. The molecular formula is C37H38Cl3N3O4S. The van der Waals surface area contributed by atoms with E-state index in [9.17, 15) is 18.0 Å². The van der Waals surface area contributed by atoms with Crippen molar-refractivity contribution in [3.05, 3.63) is 129 Å². The van der Waals surface area contributed by atoms with Crippen LogP contribution in [0.4, 0.5) is 5.69 Å². The van der Waals surface area contributed by atoms with Crippen LogP contribution in [0.25, 0.3) is 0 Å². The molecule has 4 aromatic carbocycles. The van der Waals surface area contributed by atoms with Gasteiger partial charge in [-0.25, -0.2) is 8.42 Å². The first-order valence-corrected chi connectivity index (χ1v) is 18.5. The number of nitrogens with one attached hydrogen (secondary N) is 1. The van der Waals surface area contributed by atoms with E-state index in [1.807, 2.05) is 43.3 Å². The molecule has 4 aromatic rings. The second-order valence-corrected chi connectivity index (χ2v) is 15.2. The maximum atomic E-state index is 14.7. The number of halogens is 3. The van der Waals surface area contributed by atoms with Crippen LogP contribution in [-0.4, -0.2) is 43.8 Å². The van der Waals surface area contributed by atoms with Gasteiger partial charge in [-0.05, 0) is 67.3 Å². The molecule has 0 heterocycles. The van der Waals surface area contributed by atoms with Gasteiger partial charge in [0.2, 0.25) is 11.8 Å². The summed E-state index contributed by atoms with van der Waals surface area (Å²) in [7, 11) is -4.28. The Morgan fingerprint density at radius 2 is 1.48 bits per heavy atom. The lowest BCUT2D eigenvalue weighted by Gasteiger charge is -2.35. The lowest BCUT2D eigenvalue weighted by atomic mass is 9.94. The molecule has 1 atom stereocenters. The summed E-state index contributed by atoms with van der Waals surface area (Å²) in [6.45, 7) is 1.23. The smallest absolute Gasteiger partial charge is 0.264 e. The molecule has 7 nitrogen and oxygen atoms in total. The fourth-order valence-electron chi connectivity index (χ4n) is 5.91. The second kappa shape index (κ2) is 16.2. The van der Waals surface area contributed by atoms with Crippen LogP contribution in [0, 0.1) is 6.92 Å². The predicted molar refractivity (Wildman–Crippen MR) is 193 cm³/mol. The number of anilines is 1. The number of carbonyl (C=O) groups excluding carboxylic acids is 2. The second-order valence-electron chi connectivity index (χ2n) is 12.1. The van der Waals surface area contributed by atoms with Crippen LogP contribution in [0.2, 0.25) is 15.1 Å². The highest BCUT2D eigenvalue weighted by molar-refractivity contribution is 7.92. The summed E-state index contributed by atoms with van der Waals surface area (Å²) in [6, 6.07) is 26.4. The first-order chi connectivity index (χ1) is 23.0. The van der Waals surface area contributed by atoms with Gasteiger partial charge in [-0.15, -0.1) is 0 Å². The molecular weight excluding hydrogens is 689 g/mol. The first kappa shape index (κ1) is 35.7. The van der Waals surface area contributed by atoms with Crippen LogP contribution >= 0.6 is 34.8 Å². The van der Waals surface area contributed by atoms with Crippen molar-refractivity contribution in [1.82, 2.24) is 10.2 Å². The van der Waals surface area contributed by atoms with E-state index in [1.165, 1.54) is 35.2 Å². The van der Waals surface area contributed by atoms with Gasteiger partial charge in [-0.1, -0.05) is 120 Å². The number of hydrogen-bond donors (Lipinski definition) is 1. The molecule has 0 spiro atoms. The number of aryl methyl sites for hydroxylation is 1. The van der Waals surface area contributed by atoms with E-state index >= 15 is 0 Å². The summed E-state index contributed by atoms with van der Waals surface area (Å²) in [4.78, 5) is 30.4. The molecule has 1 fully saturated rings. The van der Waals surface area contributed by atoms with Crippen molar-refractivity contribution >= 4 is 62.3 Å². The van der Waals surface area contributed by atoms with Gasteiger partial charge in [0, 0.05) is 24.0 Å². The van der Waals surface area contributed by atoms with Crippen LogP contribution in [0.1, 0.15) is 48.8 Å². The molecule has 0 aliphatic heterocycles. The molecule has 1 saturated carbocycles. The number of sulfonamides is 1. The van der Waals surface area contributed by atoms with Crippen molar-refractivity contribution in [2.45, 2.75) is 69.0 Å². The van der Waals surface area contributed by atoms with Crippen molar-refractivity contribution in [2.24, 2.45) is 0 Å². The van der Waals surface area contributed by atoms with Gasteiger partial charge in [-0.2, -0.15) is 0 Å². The van der Waals surface area contributed by atoms with Crippen molar-refractivity contribution in [3.63, 3.8) is 0 Å². The zero-order valence-corrected chi connectivity index (χ0v) is 29.7. The highest BCUT2D eigenvalue weighted by Crippen LogP contribution is 2.31. The molecule has 1 N–H and O–H groups in total. The summed E-state index contributed by atoms with van der Waals surface area (Å²) in [5, 5.41) is 4.00. The summed E-state index contributed by atoms with van der Waals surface area (Å²) in [6.07, 6.45) is 5.10. The third-order valence-corrected chi connectivity index (χ3v) is 11.5. The average molecular weight is 727 g/mol. The predicted octanol–water partition coefficient (Wildman–Crippen LogP) is 8.24. The SMILES string of the molecule is Cc1ccc(S(=O)(=O)N(CC(=O)N(Cc2ccccc2Cl)[C@H](Cc2ccccc2)C(=O)NC2CCCCC2)c2ccc(Cl)c(Cl)c2)cc1. The molecule has 2 amide bonds. The number of carbonyl (C=O) groups is 2. The Balaban J connectivity index is 1.58. The van der Waals surface area contributed by atoms with E-state index in [-0.39, 0.29) is 45.5 Å². The fraction of sp³-hybridized carbons (Fsp3) is 0.297. The molecule has 252 valence electrons. The summed E-state index contributed by atoms with van der Waals surface area (Å²) in [5.74, 6) is -0.884. The van der Waals surface area contributed by atoms with Crippen LogP contribution < -0.4 is 9.62 Å². The summed E-state index contributed by atoms with van der Waals surface area (Å²) in [5.41, 5.74) is 2.51. The molecule has 5 rings (SSSR count). The lowest BCUT2D eigenvalue weighted by Crippen LogP contribution is -2.55. The Morgan fingerprint density at radius 1 is 0.812 bits per heavy atom. The minimum Gasteiger partial charge on any atom is -0.352 e. The number of amides is 2. The largest absolute Gasteiger partial charge is 0.352 e. The molecule has 0 radical (unpaired) electrons. The minimum atomic E-state index is -4.28. The van der Waals surface area contributed by atoms with E-state index in [0.29, 0.717) is 10.6 Å². The van der Waals surface area contributed by atoms with Crippen molar-refractivity contribution in [3.8, 4) is 0 Å². The molecule has 0 bridgehead atoms. The van der Waals surface area contributed by atoms with E-state index in [4.69, 9.17) is 34.8 Å². The van der Waals surface area contributed by atoms with Gasteiger partial charge in [0.05, 0.1) is 20.6 Å². The molecule has 0 unspecified atom stereocenters. The van der Waals surface area contributed by atoms with Gasteiger partial charge in [0.1, 0.15) is 12.6 Å². The van der Waals surface area contributed by atoms with Crippen LogP contribution in [0.15, 0.2) is 102 Å². The number of hydrogen-bond acceptors (Lipinski definition) is 4. The maximum Gasteiger partial charge on any atom is 0.264 e. The third kappa shape index (κ3) is 8.91. The van der Waals surface area contributed by atoms with Gasteiger partial charge in [-0.3, -0.25) is 13.9 Å². The Hall–Kier alpha value is -3.56. The van der Waals surface area contributed by atoms with Gasteiger partial charge in [0.15, 0.2) is 0 Å². The Bertz CT molecular complexity index is 1830. The standard InChI is InChI=1S/C37H38Cl3N3O4S/c1-26-16-19-31(20-17-26)48(46,47)43(30-18-21-33(39)34(40)23-30)25-36(44)42(24-28-12-8-9-15-32(28)38)35(22-27-10-4-2-5-11-27)37(45)41-29-13-6-3-7-14-29/h2,4-5,8-12,15-21,23,29,35H,3,6-7,13-14,22,24-25H2,1H3,(H,41,45)/t35-/m1/s1. The van der Waals surface area contributed by atoms with Gasteiger partial charge in [0.25, 0.3) is 10.0 Å². The minimum absolute atomic E-state index is 0.000466. The fourth-order valence-corrected chi connectivity index (χ4v) is 7.81. The number of rotatable bonds is 12. The van der Waals surface area contributed by atoms with E-state index in [2.05, 4.69) is 5.32 Å². The number of benzene rings is 4. The van der Waals surface area contributed by atoms with Crippen molar-refractivity contribution in [2.75, 3.05) is 10.8 Å². The number of nitrogens with zero attached hydrogens (tertiary/aromatic N) is 2. The Kier molecular flexibility index (Phi) is 12.1. The summed E-state index contributed by atoms with van der Waals surface area (Å²) >= 11 is 19.2. The van der Waals surface area contributed by atoms with E-state index < -0.39 is 28.5 Å². The first-order valence-electron chi connectivity index (χ1n) is 15.9. The normalized spacial score (nSPS) is 14.2. The quantitative estimate of drug-likeness (QED) is 0.159. The molecule has 48 heavy (non-hydrogen) atoms. The van der Waals surface area contributed by atoms with Crippen LogP contribution in [0.3, 0.4) is 0 Å². The molecule has 1 aliphatic rings. The van der Waals surface area contributed by atoms with E-state index in [0.717, 1.165) is 47.5 Å². The third-order valence-electron chi connectivity index (χ3n) is 8.60.